The molecule has 0 spiro atoms. The maximum atomic E-state index is 12.1. The van der Waals surface area contributed by atoms with Gasteiger partial charge in [0, 0.05) is 6.04 Å². The van der Waals surface area contributed by atoms with Crippen LogP contribution in [-0.4, -0.2) is 32.9 Å². The number of benzene rings is 1. The van der Waals surface area contributed by atoms with Gasteiger partial charge in [-0.15, -0.1) is 0 Å². The van der Waals surface area contributed by atoms with Crippen molar-refractivity contribution >= 4 is 33.5 Å². The summed E-state index contributed by atoms with van der Waals surface area (Å²) in [6, 6.07) is 3.56. The Kier molecular flexibility index (Phi) is 6.80. The van der Waals surface area contributed by atoms with E-state index in [1.54, 1.807) is 0 Å². The summed E-state index contributed by atoms with van der Waals surface area (Å²) in [5.41, 5.74) is -0.157. The molecule has 0 radical (unpaired) electrons. The van der Waals surface area contributed by atoms with E-state index < -0.39 is 22.6 Å². The average molecular weight is 389 g/mol. The molecule has 0 heterocycles. The van der Waals surface area contributed by atoms with E-state index >= 15 is 0 Å². The fourth-order valence-electron chi connectivity index (χ4n) is 2.74. The number of ether oxygens (including phenoxy) is 1. The van der Waals surface area contributed by atoms with Gasteiger partial charge < -0.3 is 10.1 Å². The number of esters is 1. The molecule has 1 aromatic carbocycles. The maximum absolute atomic E-state index is 12.1. The van der Waals surface area contributed by atoms with Gasteiger partial charge in [0.05, 0.1) is 15.5 Å². The van der Waals surface area contributed by atoms with Crippen molar-refractivity contribution in [1.29, 1.82) is 0 Å². The number of hydrogen-bond donors (Lipinski definition) is 2. The van der Waals surface area contributed by atoms with Crippen molar-refractivity contribution in [3.8, 4) is 0 Å². The number of amides is 1. The second kappa shape index (κ2) is 8.64. The van der Waals surface area contributed by atoms with Crippen LogP contribution in [0.1, 0.15) is 48.9 Å². The number of nitrogens with one attached hydrogen (secondary N) is 1. The second-order valence-electron chi connectivity index (χ2n) is 6.02. The fraction of sp³-hybridized carbons (Fsp3) is 0.500. The topological polar surface area (TPSA) is 116 Å². The molecule has 1 aliphatic carbocycles. The van der Waals surface area contributed by atoms with E-state index in [0.29, 0.717) is 0 Å². The summed E-state index contributed by atoms with van der Waals surface area (Å²) < 4.78 is 27.6. The smallest absolute Gasteiger partial charge is 0.340 e. The number of nitrogens with two attached hydrogens (primary N) is 1. The van der Waals surface area contributed by atoms with Crippen LogP contribution in [0.4, 0.5) is 0 Å². The van der Waals surface area contributed by atoms with Crippen LogP contribution < -0.4 is 10.5 Å². The molecule has 9 heteroatoms. The highest BCUT2D eigenvalue weighted by molar-refractivity contribution is 7.89. The van der Waals surface area contributed by atoms with Gasteiger partial charge in [-0.2, -0.15) is 0 Å². The van der Waals surface area contributed by atoms with Gasteiger partial charge in [-0.3, -0.25) is 4.79 Å². The van der Waals surface area contributed by atoms with Gasteiger partial charge in [0.2, 0.25) is 10.0 Å². The van der Waals surface area contributed by atoms with Crippen LogP contribution in [0.3, 0.4) is 0 Å². The quantitative estimate of drug-likeness (QED) is 0.591. The molecule has 138 valence electrons. The second-order valence-corrected chi connectivity index (χ2v) is 7.99. The van der Waals surface area contributed by atoms with Gasteiger partial charge in [0.15, 0.2) is 6.61 Å². The highest BCUT2D eigenvalue weighted by Crippen LogP contribution is 2.21. The van der Waals surface area contributed by atoms with Crippen LogP contribution in [0.25, 0.3) is 0 Å². The lowest BCUT2D eigenvalue weighted by Gasteiger charge is -2.16. The number of rotatable bonds is 5. The molecular weight excluding hydrogens is 368 g/mol. The molecule has 25 heavy (non-hydrogen) atoms. The third-order valence-electron chi connectivity index (χ3n) is 4.04. The molecule has 0 aromatic heterocycles. The largest absolute Gasteiger partial charge is 0.452 e. The van der Waals surface area contributed by atoms with Crippen molar-refractivity contribution in [1.82, 2.24) is 5.32 Å². The van der Waals surface area contributed by atoms with Crippen LogP contribution in [-0.2, 0) is 19.6 Å². The lowest BCUT2D eigenvalue weighted by molar-refractivity contribution is -0.125. The van der Waals surface area contributed by atoms with Crippen molar-refractivity contribution < 1.29 is 22.7 Å². The maximum Gasteiger partial charge on any atom is 0.340 e. The van der Waals surface area contributed by atoms with E-state index in [1.165, 1.54) is 25.0 Å². The van der Waals surface area contributed by atoms with Gasteiger partial charge in [-0.25, -0.2) is 18.4 Å². The summed E-state index contributed by atoms with van der Waals surface area (Å²) in [5, 5.41) is 7.89. The van der Waals surface area contributed by atoms with Gasteiger partial charge in [-0.1, -0.05) is 37.3 Å². The molecular formula is C16H21ClN2O5S. The zero-order valence-electron chi connectivity index (χ0n) is 13.7. The summed E-state index contributed by atoms with van der Waals surface area (Å²) in [7, 11) is -3.98. The predicted molar refractivity (Wildman–Crippen MR) is 92.7 cm³/mol. The first kappa shape index (κ1) is 19.7. The zero-order valence-corrected chi connectivity index (χ0v) is 15.2. The highest BCUT2D eigenvalue weighted by atomic mass is 35.5. The van der Waals surface area contributed by atoms with Crippen molar-refractivity contribution in [3.05, 3.63) is 28.8 Å². The Bertz CT molecular complexity index is 743. The van der Waals surface area contributed by atoms with E-state index in [1.807, 2.05) is 0 Å². The predicted octanol–water partition coefficient (Wildman–Crippen LogP) is 1.98. The average Bonchev–Trinajstić information content (AvgIpc) is 2.80. The Morgan fingerprint density at radius 1 is 1.20 bits per heavy atom. The molecule has 0 saturated heterocycles. The standard InChI is InChI=1S/C16H21ClN2O5S/c17-14-8-7-12(25(18,22)23)9-13(14)16(21)24-10-15(20)19-11-5-3-1-2-4-6-11/h7-9,11H,1-6,10H2,(H,19,20)(H2,18,22,23). The van der Waals surface area contributed by atoms with Crippen molar-refractivity contribution in [2.24, 2.45) is 5.14 Å². The number of halogens is 1. The monoisotopic (exact) mass is 388 g/mol. The first-order valence-electron chi connectivity index (χ1n) is 8.06. The zero-order chi connectivity index (χ0) is 18.4. The highest BCUT2D eigenvalue weighted by Gasteiger charge is 2.19. The summed E-state index contributed by atoms with van der Waals surface area (Å²) in [5.74, 6) is -1.27. The minimum Gasteiger partial charge on any atom is -0.452 e. The lowest BCUT2D eigenvalue weighted by atomic mass is 10.1. The van der Waals surface area contributed by atoms with E-state index in [0.717, 1.165) is 31.7 Å². The number of hydrogen-bond acceptors (Lipinski definition) is 5. The van der Waals surface area contributed by atoms with E-state index in [2.05, 4.69) is 5.32 Å². The molecule has 1 saturated carbocycles. The molecule has 0 bridgehead atoms. The van der Waals surface area contributed by atoms with Crippen molar-refractivity contribution in [2.45, 2.75) is 49.5 Å². The molecule has 1 amide bonds. The number of carbonyl (C=O) groups is 2. The summed E-state index contributed by atoms with van der Waals surface area (Å²) in [4.78, 5) is 23.7. The number of carbonyl (C=O) groups excluding carboxylic acids is 2. The van der Waals surface area contributed by atoms with E-state index in [-0.39, 0.29) is 27.4 Å². The summed E-state index contributed by atoms with van der Waals surface area (Å²) >= 11 is 5.89. The minimum absolute atomic E-state index is 0.0153. The molecule has 2 rings (SSSR count). The number of sulfonamides is 1. The first-order chi connectivity index (χ1) is 11.8. The van der Waals surface area contributed by atoms with Gasteiger partial charge in [0.25, 0.3) is 5.91 Å². The molecule has 0 atom stereocenters. The Balaban J connectivity index is 1.94. The molecule has 0 aliphatic heterocycles. The minimum atomic E-state index is -3.98. The van der Waals surface area contributed by atoms with E-state index in [4.69, 9.17) is 21.5 Å². The molecule has 1 aliphatic rings. The Hall–Kier alpha value is -1.64. The molecule has 3 N–H and O–H groups in total. The van der Waals surface area contributed by atoms with Gasteiger partial charge in [-0.05, 0) is 31.0 Å². The van der Waals surface area contributed by atoms with E-state index in [9.17, 15) is 18.0 Å². The first-order valence-corrected chi connectivity index (χ1v) is 9.98. The normalized spacial score (nSPS) is 16.1. The Morgan fingerprint density at radius 3 is 2.44 bits per heavy atom. The van der Waals surface area contributed by atoms with Crippen LogP contribution >= 0.6 is 11.6 Å². The van der Waals surface area contributed by atoms with Crippen LogP contribution in [0, 0.1) is 0 Å². The SMILES string of the molecule is NS(=O)(=O)c1ccc(Cl)c(C(=O)OCC(=O)NC2CCCCCC2)c1. The lowest BCUT2D eigenvalue weighted by Crippen LogP contribution is -2.37. The number of primary sulfonamides is 1. The Morgan fingerprint density at radius 2 is 1.84 bits per heavy atom. The van der Waals surface area contributed by atoms with Crippen LogP contribution in [0.15, 0.2) is 23.1 Å². The van der Waals surface area contributed by atoms with Crippen molar-refractivity contribution in [3.63, 3.8) is 0 Å². The van der Waals surface area contributed by atoms with Crippen LogP contribution in [0.5, 0.6) is 0 Å². The molecule has 0 unspecified atom stereocenters. The van der Waals surface area contributed by atoms with Gasteiger partial charge in [0.1, 0.15) is 0 Å². The molecule has 7 nitrogen and oxygen atoms in total. The third kappa shape index (κ3) is 5.98. The summed E-state index contributed by atoms with van der Waals surface area (Å²) in [6.07, 6.45) is 6.31. The van der Waals surface area contributed by atoms with Crippen LogP contribution in [0.2, 0.25) is 5.02 Å². The molecule has 1 aromatic rings. The fourth-order valence-corrected chi connectivity index (χ4v) is 3.47. The third-order valence-corrected chi connectivity index (χ3v) is 5.28. The van der Waals surface area contributed by atoms with Crippen molar-refractivity contribution in [2.75, 3.05) is 6.61 Å². The summed E-state index contributed by atoms with van der Waals surface area (Å²) in [6.45, 7) is -0.453. The van der Waals surface area contributed by atoms with Gasteiger partial charge >= 0.3 is 5.97 Å². The molecule has 1 fully saturated rings. The Labute approximate surface area is 151 Å².